The van der Waals surface area contributed by atoms with Crippen LogP contribution in [0.5, 0.6) is 0 Å². The number of benzene rings is 6. The summed E-state index contributed by atoms with van der Waals surface area (Å²) >= 11 is 0. The predicted octanol–water partition coefficient (Wildman–Crippen LogP) is 14.4. The number of rotatable bonds is 6. The number of fused-ring (bicyclic) bond motifs is 3. The first kappa shape index (κ1) is 35.7. The van der Waals surface area contributed by atoms with Crippen LogP contribution in [0.1, 0.15) is 11.1 Å². The molecule has 0 unspecified atom stereocenters. The Labute approximate surface area is 322 Å². The standard InChI is InChI=1S/C48H28F6N2O/c49-47(50,51)41-13-3-1-7-39(41)43-25-23-33(27-55-43)29-15-19-31(20-16-29)35-9-5-11-37-38-12-6-10-36(46(38)57-45(35)37)32-21-17-30(18-22-32)34-24-26-44(56-28-34)40-8-2-4-14-42(40)48(52,53)54/h1-28H. The Morgan fingerprint density at radius 1 is 0.333 bits per heavy atom. The van der Waals surface area contributed by atoms with Crippen molar-refractivity contribution in [2.75, 3.05) is 0 Å². The Balaban J connectivity index is 0.985. The van der Waals surface area contributed by atoms with Gasteiger partial charge in [0, 0.05) is 56.5 Å². The number of para-hydroxylation sites is 2. The summed E-state index contributed by atoms with van der Waals surface area (Å²) in [7, 11) is 0. The fraction of sp³-hybridized carbons (Fsp3) is 0.0417. The van der Waals surface area contributed by atoms with Gasteiger partial charge >= 0.3 is 12.4 Å². The molecule has 278 valence electrons. The fourth-order valence-electron chi connectivity index (χ4n) is 7.31. The van der Waals surface area contributed by atoms with Crippen LogP contribution in [0.4, 0.5) is 26.3 Å². The topological polar surface area (TPSA) is 38.9 Å². The third-order valence-corrected chi connectivity index (χ3v) is 10.1. The molecule has 0 radical (unpaired) electrons. The van der Waals surface area contributed by atoms with Crippen molar-refractivity contribution in [2.24, 2.45) is 0 Å². The van der Waals surface area contributed by atoms with Gasteiger partial charge in [-0.15, -0.1) is 0 Å². The van der Waals surface area contributed by atoms with Crippen LogP contribution < -0.4 is 0 Å². The van der Waals surface area contributed by atoms with Gasteiger partial charge in [-0.05, 0) is 46.5 Å². The lowest BCUT2D eigenvalue weighted by Crippen LogP contribution is -2.07. The first-order valence-electron chi connectivity index (χ1n) is 17.9. The molecule has 0 saturated carbocycles. The van der Waals surface area contributed by atoms with E-state index in [9.17, 15) is 26.3 Å². The Morgan fingerprint density at radius 3 is 1.05 bits per heavy atom. The molecule has 0 aliphatic heterocycles. The van der Waals surface area contributed by atoms with E-state index in [0.717, 1.165) is 78.6 Å². The zero-order chi connectivity index (χ0) is 39.3. The highest BCUT2D eigenvalue weighted by atomic mass is 19.4. The summed E-state index contributed by atoms with van der Waals surface area (Å²) in [5, 5.41) is 1.92. The summed E-state index contributed by atoms with van der Waals surface area (Å²) in [4.78, 5) is 8.74. The van der Waals surface area contributed by atoms with Crippen LogP contribution in [-0.2, 0) is 12.4 Å². The lowest BCUT2D eigenvalue weighted by Gasteiger charge is -2.12. The van der Waals surface area contributed by atoms with E-state index in [-0.39, 0.29) is 22.5 Å². The minimum atomic E-state index is -4.49. The number of aromatic nitrogens is 2. The zero-order valence-electron chi connectivity index (χ0n) is 29.7. The van der Waals surface area contributed by atoms with E-state index in [4.69, 9.17) is 4.42 Å². The molecule has 9 heteroatoms. The quantitative estimate of drug-likeness (QED) is 0.158. The second-order valence-corrected chi connectivity index (χ2v) is 13.6. The van der Waals surface area contributed by atoms with Crippen LogP contribution in [-0.4, -0.2) is 9.97 Å². The van der Waals surface area contributed by atoms with Gasteiger partial charge in [0.2, 0.25) is 0 Å². The summed E-state index contributed by atoms with van der Waals surface area (Å²) < 4.78 is 88.3. The van der Waals surface area contributed by atoms with Gasteiger partial charge in [0.25, 0.3) is 0 Å². The maximum absolute atomic E-state index is 13.6. The minimum absolute atomic E-state index is 0.0320. The minimum Gasteiger partial charge on any atom is -0.455 e. The largest absolute Gasteiger partial charge is 0.455 e. The Kier molecular flexibility index (Phi) is 8.73. The number of halogens is 6. The van der Waals surface area contributed by atoms with Crippen LogP contribution in [0.3, 0.4) is 0 Å². The maximum Gasteiger partial charge on any atom is 0.417 e. The average Bonchev–Trinajstić information content (AvgIpc) is 3.63. The molecule has 0 spiro atoms. The highest BCUT2D eigenvalue weighted by molar-refractivity contribution is 6.13. The fourth-order valence-corrected chi connectivity index (χ4v) is 7.31. The van der Waals surface area contributed by atoms with Crippen LogP contribution in [0, 0.1) is 0 Å². The number of pyridine rings is 2. The average molecular weight is 763 g/mol. The first-order chi connectivity index (χ1) is 27.5. The molecule has 0 aliphatic carbocycles. The van der Waals surface area contributed by atoms with E-state index in [1.165, 1.54) is 24.3 Å². The molecule has 0 amide bonds. The molecule has 3 aromatic heterocycles. The third kappa shape index (κ3) is 6.71. The van der Waals surface area contributed by atoms with Crippen molar-refractivity contribution in [3.8, 4) is 67.0 Å². The van der Waals surface area contributed by atoms with E-state index in [2.05, 4.69) is 9.97 Å². The molecule has 0 bridgehead atoms. The molecule has 9 rings (SSSR count). The summed E-state index contributed by atoms with van der Waals surface area (Å²) in [5.41, 5.74) is 7.51. The summed E-state index contributed by atoms with van der Waals surface area (Å²) in [6, 6.07) is 45.4. The van der Waals surface area contributed by atoms with Crippen LogP contribution in [0.25, 0.3) is 89.0 Å². The molecular formula is C48H28F6N2O. The zero-order valence-corrected chi connectivity index (χ0v) is 29.7. The van der Waals surface area contributed by atoms with Gasteiger partial charge in [0.15, 0.2) is 0 Å². The number of furan rings is 1. The Hall–Kier alpha value is -7.00. The number of hydrogen-bond acceptors (Lipinski definition) is 3. The highest BCUT2D eigenvalue weighted by Crippen LogP contribution is 2.42. The number of alkyl halides is 6. The monoisotopic (exact) mass is 762 g/mol. The van der Waals surface area contributed by atoms with Gasteiger partial charge in [0.1, 0.15) is 11.2 Å². The van der Waals surface area contributed by atoms with Crippen molar-refractivity contribution in [3.63, 3.8) is 0 Å². The van der Waals surface area contributed by atoms with E-state index < -0.39 is 23.5 Å². The van der Waals surface area contributed by atoms with Crippen molar-refractivity contribution in [2.45, 2.75) is 12.4 Å². The normalized spacial score (nSPS) is 12.0. The Bertz CT molecular complexity index is 2700. The van der Waals surface area contributed by atoms with Gasteiger partial charge in [-0.2, -0.15) is 26.3 Å². The Morgan fingerprint density at radius 2 is 0.684 bits per heavy atom. The molecule has 6 aromatic carbocycles. The molecule has 3 heterocycles. The SMILES string of the molecule is FC(F)(F)c1ccccc1-c1ccc(-c2ccc(-c3cccc4c3oc3c(-c5ccc(-c6ccc(-c7ccccc7C(F)(F)F)nc6)cc5)cccc34)cc2)cn1. The lowest BCUT2D eigenvalue weighted by molar-refractivity contribution is -0.137. The molecule has 3 nitrogen and oxygen atoms in total. The van der Waals surface area contributed by atoms with Crippen molar-refractivity contribution >= 4 is 21.9 Å². The summed E-state index contributed by atoms with van der Waals surface area (Å²) in [5.74, 6) is 0. The van der Waals surface area contributed by atoms with Gasteiger partial charge in [-0.3, -0.25) is 9.97 Å². The molecular weight excluding hydrogens is 735 g/mol. The summed E-state index contributed by atoms with van der Waals surface area (Å²) in [6.07, 6.45) is -5.80. The van der Waals surface area contributed by atoms with Gasteiger partial charge in [-0.25, -0.2) is 0 Å². The third-order valence-electron chi connectivity index (χ3n) is 10.1. The van der Waals surface area contributed by atoms with E-state index >= 15 is 0 Å². The molecule has 9 aromatic rings. The van der Waals surface area contributed by atoms with Gasteiger partial charge in [0.05, 0.1) is 22.5 Å². The van der Waals surface area contributed by atoms with Gasteiger partial charge in [-0.1, -0.05) is 133 Å². The van der Waals surface area contributed by atoms with E-state index in [1.54, 1.807) is 48.8 Å². The molecule has 0 saturated heterocycles. The molecule has 0 fully saturated rings. The van der Waals surface area contributed by atoms with Crippen molar-refractivity contribution in [1.29, 1.82) is 0 Å². The molecule has 0 N–H and O–H groups in total. The summed E-state index contributed by atoms with van der Waals surface area (Å²) in [6.45, 7) is 0. The van der Waals surface area contributed by atoms with Crippen LogP contribution in [0.15, 0.2) is 175 Å². The first-order valence-corrected chi connectivity index (χ1v) is 17.9. The second-order valence-electron chi connectivity index (χ2n) is 13.6. The predicted molar refractivity (Wildman–Crippen MR) is 212 cm³/mol. The van der Waals surface area contributed by atoms with Crippen molar-refractivity contribution in [1.82, 2.24) is 9.97 Å². The van der Waals surface area contributed by atoms with Crippen LogP contribution >= 0.6 is 0 Å². The molecule has 0 aliphatic rings. The number of nitrogens with zero attached hydrogens (tertiary/aromatic N) is 2. The number of hydrogen-bond donors (Lipinski definition) is 0. The lowest BCUT2D eigenvalue weighted by atomic mass is 9.97. The molecule has 57 heavy (non-hydrogen) atoms. The van der Waals surface area contributed by atoms with Crippen molar-refractivity contribution in [3.05, 3.63) is 181 Å². The second kappa shape index (κ2) is 13.9. The van der Waals surface area contributed by atoms with Gasteiger partial charge < -0.3 is 4.42 Å². The maximum atomic E-state index is 13.6. The van der Waals surface area contributed by atoms with Crippen molar-refractivity contribution < 1.29 is 30.8 Å². The smallest absolute Gasteiger partial charge is 0.417 e. The van der Waals surface area contributed by atoms with E-state index in [0.29, 0.717) is 0 Å². The van der Waals surface area contributed by atoms with E-state index in [1.807, 2.05) is 84.9 Å². The molecule has 0 atom stereocenters. The highest BCUT2D eigenvalue weighted by Gasteiger charge is 2.34. The van der Waals surface area contributed by atoms with Crippen LogP contribution in [0.2, 0.25) is 0 Å².